The van der Waals surface area contributed by atoms with Crippen LogP contribution in [-0.2, 0) is 25.6 Å². The van der Waals surface area contributed by atoms with Crippen LogP contribution in [-0.4, -0.2) is 27.8 Å². The van der Waals surface area contributed by atoms with Crippen molar-refractivity contribution in [1.82, 2.24) is 10.0 Å². The smallest absolute Gasteiger partial charge is 0.330 e. The van der Waals surface area contributed by atoms with Gasteiger partial charge in [-0.1, -0.05) is 0 Å². The molecule has 1 aliphatic rings. The number of hydrogen-bond acceptors (Lipinski definition) is 6. The van der Waals surface area contributed by atoms with E-state index in [1.165, 1.54) is 11.3 Å². The zero-order chi connectivity index (χ0) is 12.4. The molecule has 0 atom stereocenters. The van der Waals surface area contributed by atoms with E-state index >= 15 is 0 Å². The second kappa shape index (κ2) is 4.62. The molecule has 0 N–H and O–H groups in total. The Kier molecular flexibility index (Phi) is 3.19. The highest BCUT2D eigenvalue weighted by Crippen LogP contribution is 2.14. The van der Waals surface area contributed by atoms with Crippen LogP contribution in [0.4, 0.5) is 0 Å². The minimum atomic E-state index is -0.654. The molecule has 0 unspecified atom stereocenters. The van der Waals surface area contributed by atoms with Crippen LogP contribution in [0.5, 0.6) is 0 Å². The minimum Gasteiger partial charge on any atom is -0.330 e. The first-order valence-corrected chi connectivity index (χ1v) is 5.92. The molecule has 2 heterocycles. The van der Waals surface area contributed by atoms with E-state index < -0.39 is 17.8 Å². The van der Waals surface area contributed by atoms with E-state index in [0.29, 0.717) is 10.8 Å². The van der Waals surface area contributed by atoms with Crippen molar-refractivity contribution in [2.24, 2.45) is 0 Å². The van der Waals surface area contributed by atoms with Gasteiger partial charge < -0.3 is 4.84 Å². The average Bonchev–Trinajstić information content (AvgIpc) is 2.79. The van der Waals surface area contributed by atoms with Crippen LogP contribution in [0.3, 0.4) is 0 Å². The number of imide groups is 1. The summed E-state index contributed by atoms with van der Waals surface area (Å²) in [6.45, 7) is 1.83. The summed E-state index contributed by atoms with van der Waals surface area (Å²) >= 11 is 1.42. The Morgan fingerprint density at radius 3 is 2.65 bits per heavy atom. The largest absolute Gasteiger partial charge is 0.339 e. The van der Waals surface area contributed by atoms with Crippen molar-refractivity contribution in [3.05, 3.63) is 16.1 Å². The molecule has 7 heteroatoms. The Balaban J connectivity index is 1.93. The van der Waals surface area contributed by atoms with Gasteiger partial charge >= 0.3 is 5.97 Å². The van der Waals surface area contributed by atoms with Crippen molar-refractivity contribution in [1.29, 1.82) is 0 Å². The molecule has 0 saturated carbocycles. The molecule has 1 aromatic heterocycles. The van der Waals surface area contributed by atoms with Gasteiger partial charge in [-0.05, 0) is 6.92 Å². The van der Waals surface area contributed by atoms with Gasteiger partial charge in [0.2, 0.25) is 0 Å². The van der Waals surface area contributed by atoms with E-state index in [0.717, 1.165) is 5.01 Å². The molecular formula is C10H10N2O4S. The maximum absolute atomic E-state index is 11.5. The second-order valence-electron chi connectivity index (χ2n) is 3.58. The van der Waals surface area contributed by atoms with Gasteiger partial charge in [0.05, 0.1) is 17.1 Å². The Morgan fingerprint density at radius 1 is 1.47 bits per heavy atom. The second-order valence-corrected chi connectivity index (χ2v) is 4.64. The monoisotopic (exact) mass is 254 g/mol. The third-order valence-electron chi connectivity index (χ3n) is 2.19. The quantitative estimate of drug-likeness (QED) is 0.738. The number of carbonyl (C=O) groups excluding carboxylic acids is 3. The zero-order valence-electron chi connectivity index (χ0n) is 9.13. The molecule has 1 aliphatic heterocycles. The lowest BCUT2D eigenvalue weighted by Gasteiger charge is -2.11. The Bertz CT molecular complexity index is 466. The summed E-state index contributed by atoms with van der Waals surface area (Å²) in [5.41, 5.74) is 0.580. The lowest BCUT2D eigenvalue weighted by molar-refractivity contribution is -0.197. The lowest BCUT2D eigenvalue weighted by Crippen LogP contribution is -2.32. The third kappa shape index (κ3) is 2.68. The van der Waals surface area contributed by atoms with Gasteiger partial charge in [0.15, 0.2) is 0 Å². The number of nitrogens with zero attached hydrogens (tertiary/aromatic N) is 2. The van der Waals surface area contributed by atoms with E-state index in [2.05, 4.69) is 4.98 Å². The van der Waals surface area contributed by atoms with Crippen LogP contribution in [0, 0.1) is 6.92 Å². The number of aryl methyl sites for hydroxylation is 1. The van der Waals surface area contributed by atoms with Gasteiger partial charge in [0.1, 0.15) is 0 Å². The molecule has 0 spiro atoms. The fraction of sp³-hybridized carbons (Fsp3) is 0.400. The third-order valence-corrected chi connectivity index (χ3v) is 3.01. The fourth-order valence-electron chi connectivity index (χ4n) is 1.43. The summed E-state index contributed by atoms with van der Waals surface area (Å²) in [6, 6.07) is 0. The van der Waals surface area contributed by atoms with E-state index in [1.807, 2.05) is 6.92 Å². The number of hydrogen-bond donors (Lipinski definition) is 0. The van der Waals surface area contributed by atoms with Crippen LogP contribution in [0.25, 0.3) is 0 Å². The molecule has 6 nitrogen and oxygen atoms in total. The van der Waals surface area contributed by atoms with Crippen molar-refractivity contribution >= 4 is 29.1 Å². The maximum atomic E-state index is 11.5. The molecule has 1 saturated heterocycles. The average molecular weight is 254 g/mol. The first-order chi connectivity index (χ1) is 8.06. The molecule has 0 radical (unpaired) electrons. The number of aromatic nitrogens is 1. The summed E-state index contributed by atoms with van der Waals surface area (Å²) < 4.78 is 0. The van der Waals surface area contributed by atoms with Gasteiger partial charge in [-0.15, -0.1) is 16.4 Å². The Hall–Kier alpha value is -1.76. The molecule has 17 heavy (non-hydrogen) atoms. The van der Waals surface area contributed by atoms with Crippen molar-refractivity contribution in [3.8, 4) is 0 Å². The molecule has 90 valence electrons. The Labute approximate surface area is 101 Å². The van der Waals surface area contributed by atoms with Crippen LogP contribution in [0.1, 0.15) is 23.5 Å². The van der Waals surface area contributed by atoms with Crippen molar-refractivity contribution in [2.75, 3.05) is 0 Å². The minimum absolute atomic E-state index is 0.0403. The number of amides is 2. The van der Waals surface area contributed by atoms with Crippen LogP contribution in [0.2, 0.25) is 0 Å². The van der Waals surface area contributed by atoms with Crippen molar-refractivity contribution in [3.63, 3.8) is 0 Å². The van der Waals surface area contributed by atoms with E-state index in [1.54, 1.807) is 5.38 Å². The van der Waals surface area contributed by atoms with Gasteiger partial charge in [-0.25, -0.2) is 9.78 Å². The standard InChI is InChI=1S/C10H10N2O4S/c1-6-11-7(5-17-6)4-10(15)16-12-8(13)2-3-9(12)14/h5H,2-4H2,1H3. The predicted octanol–water partition coefficient (Wildman–Crippen LogP) is 0.601. The zero-order valence-corrected chi connectivity index (χ0v) is 9.95. The molecule has 0 bridgehead atoms. The summed E-state index contributed by atoms with van der Waals surface area (Å²) in [7, 11) is 0. The van der Waals surface area contributed by atoms with Crippen LogP contribution in [0.15, 0.2) is 5.38 Å². The highest BCUT2D eigenvalue weighted by atomic mass is 32.1. The molecule has 2 rings (SSSR count). The number of thiazole rings is 1. The fourth-order valence-corrected chi connectivity index (χ4v) is 2.04. The first kappa shape index (κ1) is 11.7. The first-order valence-electron chi connectivity index (χ1n) is 5.04. The number of hydroxylamine groups is 2. The predicted molar refractivity (Wildman–Crippen MR) is 57.7 cm³/mol. The van der Waals surface area contributed by atoms with E-state index in [-0.39, 0.29) is 19.3 Å². The van der Waals surface area contributed by atoms with Crippen molar-refractivity contribution < 1.29 is 19.2 Å². The molecule has 1 fully saturated rings. The number of rotatable bonds is 3. The SMILES string of the molecule is Cc1nc(CC(=O)ON2C(=O)CCC2=O)cs1. The summed E-state index contributed by atoms with van der Waals surface area (Å²) in [5, 5.41) is 3.13. The van der Waals surface area contributed by atoms with E-state index in [9.17, 15) is 14.4 Å². The topological polar surface area (TPSA) is 76.6 Å². The molecule has 2 amide bonds. The van der Waals surface area contributed by atoms with Gasteiger partial charge in [-0.3, -0.25) is 9.59 Å². The molecule has 0 aromatic carbocycles. The van der Waals surface area contributed by atoms with Crippen LogP contribution >= 0.6 is 11.3 Å². The van der Waals surface area contributed by atoms with E-state index in [4.69, 9.17) is 4.84 Å². The highest BCUT2D eigenvalue weighted by Gasteiger charge is 2.32. The van der Waals surface area contributed by atoms with Crippen LogP contribution < -0.4 is 0 Å². The summed E-state index contributed by atoms with van der Waals surface area (Å²) in [4.78, 5) is 42.6. The van der Waals surface area contributed by atoms with Gasteiger partial charge in [0.25, 0.3) is 11.8 Å². The maximum Gasteiger partial charge on any atom is 0.339 e. The lowest BCUT2D eigenvalue weighted by atomic mass is 10.3. The molecule has 0 aliphatic carbocycles. The molecular weight excluding hydrogens is 244 g/mol. The normalized spacial score (nSPS) is 15.5. The summed E-state index contributed by atoms with van der Waals surface area (Å²) in [6.07, 6.45) is 0.158. The van der Waals surface area contributed by atoms with Gasteiger partial charge in [-0.2, -0.15) is 0 Å². The molecule has 1 aromatic rings. The number of carbonyl (C=O) groups is 3. The van der Waals surface area contributed by atoms with Crippen molar-refractivity contribution in [2.45, 2.75) is 26.2 Å². The van der Waals surface area contributed by atoms with Gasteiger partial charge in [0, 0.05) is 18.2 Å². The Morgan fingerprint density at radius 2 is 2.12 bits per heavy atom. The summed E-state index contributed by atoms with van der Waals surface area (Å²) in [5.74, 6) is -1.60. The highest BCUT2D eigenvalue weighted by molar-refractivity contribution is 7.09.